The third-order valence-corrected chi connectivity index (χ3v) is 0.861. The number of hydrogen-bond donors (Lipinski definition) is 1. The molecule has 0 rings (SSSR count). The van der Waals surface area contributed by atoms with Gasteiger partial charge in [-0.3, -0.25) is 14.4 Å². The van der Waals surface area contributed by atoms with Crippen molar-refractivity contribution in [1.29, 1.82) is 0 Å². The Balaban J connectivity index is 3.70. The number of aliphatic hydroxyl groups excluding tert-OH is 1. The van der Waals surface area contributed by atoms with Crippen LogP contribution in [0.4, 0.5) is 0 Å². The maximum absolute atomic E-state index is 10.5. The number of rotatable bonds is 4. The van der Waals surface area contributed by atoms with E-state index in [9.17, 15) is 14.4 Å². The molecule has 0 aliphatic heterocycles. The Morgan fingerprint density at radius 2 is 1.82 bits per heavy atom. The molecule has 0 atom stereocenters. The van der Waals surface area contributed by atoms with E-state index in [1.165, 1.54) is 0 Å². The van der Waals surface area contributed by atoms with Crippen LogP contribution in [0.15, 0.2) is 0 Å². The second-order valence-electron chi connectivity index (χ2n) is 1.78. The van der Waals surface area contributed by atoms with Gasteiger partial charge in [0.25, 0.3) is 0 Å². The smallest absolute Gasteiger partial charge is 0.303 e. The highest BCUT2D eigenvalue weighted by Gasteiger charge is 2.12. The third-order valence-electron chi connectivity index (χ3n) is 0.861. The highest BCUT2D eigenvalue weighted by atomic mass is 16.5. The molecule has 11 heavy (non-hydrogen) atoms. The highest BCUT2D eigenvalue weighted by Crippen LogP contribution is 1.80. The summed E-state index contributed by atoms with van der Waals surface area (Å²) in [6, 6.07) is 0. The lowest BCUT2D eigenvalue weighted by atomic mass is 10.3. The Bertz CT molecular complexity index is 183. The number of Topliss-reactive ketones (excluding diaryl/α,β-unsaturated/α-hetero) is 2. The molecule has 0 aromatic carbocycles. The van der Waals surface area contributed by atoms with Crippen molar-refractivity contribution in [3.63, 3.8) is 0 Å². The summed E-state index contributed by atoms with van der Waals surface area (Å²) in [5.41, 5.74) is 0. The van der Waals surface area contributed by atoms with Crippen molar-refractivity contribution in [2.75, 3.05) is 13.2 Å². The molecule has 0 amide bonds. The minimum Gasteiger partial charge on any atom is -0.457 e. The zero-order valence-corrected chi connectivity index (χ0v) is 5.99. The van der Waals surface area contributed by atoms with Crippen LogP contribution >= 0.6 is 0 Å². The van der Waals surface area contributed by atoms with Gasteiger partial charge in [0.2, 0.25) is 11.6 Å². The van der Waals surface area contributed by atoms with Crippen LogP contribution in [0.5, 0.6) is 0 Å². The standard InChI is InChI=1S/C6H8O5/c1-4(8)11-3-6(10)5(9)2-7/h7H,2-3H2,1H3. The van der Waals surface area contributed by atoms with Gasteiger partial charge in [-0.2, -0.15) is 0 Å². The Morgan fingerprint density at radius 1 is 1.27 bits per heavy atom. The van der Waals surface area contributed by atoms with Crippen LogP contribution in [-0.4, -0.2) is 35.9 Å². The van der Waals surface area contributed by atoms with Gasteiger partial charge in [-0.05, 0) is 0 Å². The Hall–Kier alpha value is -1.23. The first-order valence-electron chi connectivity index (χ1n) is 2.88. The second-order valence-corrected chi connectivity index (χ2v) is 1.78. The molecule has 0 aromatic heterocycles. The van der Waals surface area contributed by atoms with E-state index in [1.54, 1.807) is 0 Å². The van der Waals surface area contributed by atoms with E-state index in [0.717, 1.165) is 6.92 Å². The molecular weight excluding hydrogens is 152 g/mol. The van der Waals surface area contributed by atoms with E-state index in [1.807, 2.05) is 0 Å². The van der Waals surface area contributed by atoms with E-state index >= 15 is 0 Å². The maximum atomic E-state index is 10.5. The van der Waals surface area contributed by atoms with Crippen molar-refractivity contribution in [2.24, 2.45) is 0 Å². The normalized spacial score (nSPS) is 8.91. The van der Waals surface area contributed by atoms with Crippen molar-refractivity contribution in [3.05, 3.63) is 0 Å². The lowest BCUT2D eigenvalue weighted by Gasteiger charge is -1.97. The van der Waals surface area contributed by atoms with Gasteiger partial charge in [-0.1, -0.05) is 0 Å². The van der Waals surface area contributed by atoms with Crippen LogP contribution in [0.25, 0.3) is 0 Å². The fourth-order valence-corrected chi connectivity index (χ4v) is 0.336. The highest BCUT2D eigenvalue weighted by molar-refractivity contribution is 6.38. The molecule has 0 saturated carbocycles. The predicted molar refractivity (Wildman–Crippen MR) is 33.7 cm³/mol. The largest absolute Gasteiger partial charge is 0.457 e. The number of aliphatic hydroxyl groups is 1. The van der Waals surface area contributed by atoms with Gasteiger partial charge in [-0.25, -0.2) is 0 Å². The summed E-state index contributed by atoms with van der Waals surface area (Å²) < 4.78 is 4.21. The average molecular weight is 160 g/mol. The van der Waals surface area contributed by atoms with Gasteiger partial charge in [0.15, 0.2) is 6.61 Å². The van der Waals surface area contributed by atoms with E-state index in [4.69, 9.17) is 5.11 Å². The molecule has 0 fully saturated rings. The van der Waals surface area contributed by atoms with Crippen molar-refractivity contribution in [2.45, 2.75) is 6.92 Å². The predicted octanol–water partition coefficient (Wildman–Crippen LogP) is -1.32. The molecule has 0 aliphatic carbocycles. The first-order chi connectivity index (χ1) is 5.07. The zero-order valence-electron chi connectivity index (χ0n) is 5.99. The monoisotopic (exact) mass is 160 g/mol. The molecule has 0 spiro atoms. The first-order valence-corrected chi connectivity index (χ1v) is 2.88. The van der Waals surface area contributed by atoms with E-state index in [2.05, 4.69) is 4.74 Å². The zero-order chi connectivity index (χ0) is 8.85. The number of carbonyl (C=O) groups is 3. The molecule has 5 heteroatoms. The first kappa shape index (κ1) is 9.77. The van der Waals surface area contributed by atoms with E-state index in [-0.39, 0.29) is 0 Å². The molecule has 0 saturated heterocycles. The van der Waals surface area contributed by atoms with Crippen LogP contribution in [0.2, 0.25) is 0 Å². The van der Waals surface area contributed by atoms with Crippen molar-refractivity contribution in [1.82, 2.24) is 0 Å². The van der Waals surface area contributed by atoms with Crippen molar-refractivity contribution in [3.8, 4) is 0 Å². The summed E-state index contributed by atoms with van der Waals surface area (Å²) in [6.45, 7) is -0.314. The molecule has 0 heterocycles. The van der Waals surface area contributed by atoms with Crippen LogP contribution in [0, 0.1) is 0 Å². The summed E-state index contributed by atoms with van der Waals surface area (Å²) in [4.78, 5) is 30.9. The van der Waals surface area contributed by atoms with Gasteiger partial charge in [0.05, 0.1) is 0 Å². The van der Waals surface area contributed by atoms with E-state index < -0.39 is 30.7 Å². The molecule has 5 nitrogen and oxygen atoms in total. The summed E-state index contributed by atoms with van der Waals surface area (Å²) in [5, 5.41) is 8.16. The van der Waals surface area contributed by atoms with E-state index in [0.29, 0.717) is 0 Å². The van der Waals surface area contributed by atoms with Crippen LogP contribution < -0.4 is 0 Å². The average Bonchev–Trinajstić information content (AvgIpc) is 1.98. The minimum atomic E-state index is -0.953. The quantitative estimate of drug-likeness (QED) is 0.407. The Kier molecular flexibility index (Phi) is 4.05. The lowest BCUT2D eigenvalue weighted by molar-refractivity contribution is -0.149. The van der Waals surface area contributed by atoms with Gasteiger partial charge in [0, 0.05) is 6.92 Å². The van der Waals surface area contributed by atoms with Crippen molar-refractivity contribution >= 4 is 17.5 Å². The van der Waals surface area contributed by atoms with Gasteiger partial charge >= 0.3 is 5.97 Å². The number of ether oxygens (including phenoxy) is 1. The van der Waals surface area contributed by atoms with Crippen LogP contribution in [0.3, 0.4) is 0 Å². The SMILES string of the molecule is CC(=O)OCC(=O)C(=O)CO. The number of esters is 1. The molecule has 0 unspecified atom stereocenters. The van der Waals surface area contributed by atoms with Gasteiger partial charge < -0.3 is 9.84 Å². The number of hydrogen-bond acceptors (Lipinski definition) is 5. The number of ketones is 2. The van der Waals surface area contributed by atoms with Crippen LogP contribution in [-0.2, 0) is 19.1 Å². The summed E-state index contributed by atoms with van der Waals surface area (Å²) in [7, 11) is 0. The summed E-state index contributed by atoms with van der Waals surface area (Å²) in [6.07, 6.45) is 0. The molecule has 0 aliphatic rings. The topological polar surface area (TPSA) is 80.7 Å². The van der Waals surface area contributed by atoms with Gasteiger partial charge in [0.1, 0.15) is 6.61 Å². The summed E-state index contributed by atoms with van der Waals surface area (Å²) in [5.74, 6) is -2.49. The third kappa shape index (κ3) is 4.21. The summed E-state index contributed by atoms with van der Waals surface area (Å²) >= 11 is 0. The van der Waals surface area contributed by atoms with Gasteiger partial charge in [-0.15, -0.1) is 0 Å². The lowest BCUT2D eigenvalue weighted by Crippen LogP contribution is -2.23. The second kappa shape index (κ2) is 4.56. The maximum Gasteiger partial charge on any atom is 0.303 e. The molecule has 1 N–H and O–H groups in total. The molecule has 0 radical (unpaired) electrons. The molecular formula is C6H8O5. The fraction of sp³-hybridized carbons (Fsp3) is 0.500. The number of carbonyl (C=O) groups excluding carboxylic acids is 3. The van der Waals surface area contributed by atoms with Crippen LogP contribution in [0.1, 0.15) is 6.92 Å². The fourth-order valence-electron chi connectivity index (χ4n) is 0.336. The minimum absolute atomic E-state index is 0.589. The molecule has 0 bridgehead atoms. The molecule has 0 aromatic rings. The van der Waals surface area contributed by atoms with Crippen molar-refractivity contribution < 1.29 is 24.2 Å². The Morgan fingerprint density at radius 3 is 2.18 bits per heavy atom. The molecule has 62 valence electrons. The Labute approximate surface area is 63.0 Å².